The van der Waals surface area contributed by atoms with E-state index in [1.165, 1.54) is 12.4 Å². The van der Waals surface area contributed by atoms with Crippen LogP contribution in [-0.4, -0.2) is 115 Å². The fourth-order valence-corrected chi connectivity index (χ4v) is 8.43. The number of ketones is 2. The maximum atomic E-state index is 15.6. The van der Waals surface area contributed by atoms with Gasteiger partial charge in [0.05, 0.1) is 42.9 Å². The second-order valence-electron chi connectivity index (χ2n) is 16.5. The van der Waals surface area contributed by atoms with Crippen molar-refractivity contribution >= 4 is 52.9 Å². The van der Waals surface area contributed by atoms with Crippen LogP contribution in [0.15, 0.2) is 84.8 Å². The molecule has 1 saturated carbocycles. The molecule has 2 fully saturated rings. The summed E-state index contributed by atoms with van der Waals surface area (Å²) in [5.41, 5.74) is 8.73. The molecule has 19 heteroatoms. The summed E-state index contributed by atoms with van der Waals surface area (Å²) in [7, 11) is 1.94. The number of likely N-dealkylation sites (tertiary alicyclic amines) is 1. The molecule has 8 rings (SSSR count). The van der Waals surface area contributed by atoms with E-state index >= 15 is 4.39 Å². The van der Waals surface area contributed by atoms with Crippen LogP contribution in [0.3, 0.4) is 0 Å². The molecule has 4 heterocycles. The van der Waals surface area contributed by atoms with Crippen LogP contribution in [0.25, 0.3) is 27.1 Å². The predicted molar refractivity (Wildman–Crippen MR) is 251 cm³/mol. The summed E-state index contributed by atoms with van der Waals surface area (Å²) >= 11 is 0. The molecule has 2 aromatic heterocycles. The Labute approximate surface area is 425 Å². The van der Waals surface area contributed by atoms with Crippen LogP contribution >= 0.6 is 0 Å². The first kappa shape index (κ1) is 53.3. The zero-order chi connectivity index (χ0) is 48.9. The van der Waals surface area contributed by atoms with Gasteiger partial charge in [0.2, 0.25) is 5.70 Å². The average molecular weight is 1010 g/mol. The number of rotatable bonds is 14. The number of ether oxygens (including phenoxy) is 1. The first-order valence-corrected chi connectivity index (χ1v) is 22.2. The van der Waals surface area contributed by atoms with Crippen LogP contribution in [0.4, 0.5) is 10.2 Å². The molecule has 17 nitrogen and oxygen atoms in total. The number of hydrogen-bond donors (Lipinski definition) is 2. The van der Waals surface area contributed by atoms with Crippen molar-refractivity contribution in [1.82, 2.24) is 39.8 Å². The van der Waals surface area contributed by atoms with E-state index in [0.717, 1.165) is 31.4 Å². The minimum absolute atomic E-state index is 0. The summed E-state index contributed by atoms with van der Waals surface area (Å²) in [5, 5.41) is 7.84. The predicted octanol–water partition coefficient (Wildman–Crippen LogP) is 5.80. The Bertz CT molecular complexity index is 2730. The molecular formula is C50H53FN10O7Y-2. The van der Waals surface area contributed by atoms with Crippen LogP contribution < -0.4 is 15.8 Å². The topological polar surface area (TPSA) is 207 Å². The summed E-state index contributed by atoms with van der Waals surface area (Å²) in [4.78, 5) is 85.4. The van der Waals surface area contributed by atoms with Crippen molar-refractivity contribution in [3.05, 3.63) is 126 Å². The van der Waals surface area contributed by atoms with Gasteiger partial charge < -0.3 is 47.0 Å². The molecule has 3 N–H and O–H groups in total. The van der Waals surface area contributed by atoms with E-state index in [-0.39, 0.29) is 110 Å². The molecule has 357 valence electrons. The van der Waals surface area contributed by atoms with Crippen molar-refractivity contribution in [3.8, 4) is 22.8 Å². The summed E-state index contributed by atoms with van der Waals surface area (Å²) in [6, 6.07) is 21.1. The molecular weight excluding hydrogens is 961 g/mol. The molecule has 3 atom stereocenters. The number of Topliss-reactive ketones (excluding diaryl/α,β-unsaturated/α-hetero) is 2. The minimum Gasteiger partial charge on any atom is -0.457 e. The third-order valence-electron chi connectivity index (χ3n) is 12.0. The number of nitrogens with one attached hydrogen (secondary N) is 1. The Kier molecular flexibility index (Phi) is 19.4. The second-order valence-corrected chi connectivity index (χ2v) is 16.5. The van der Waals surface area contributed by atoms with Crippen molar-refractivity contribution in [3.63, 3.8) is 0 Å². The maximum Gasteiger partial charge on any atom is 0.252 e. The van der Waals surface area contributed by atoms with Gasteiger partial charge in [-0.1, -0.05) is 29.8 Å². The van der Waals surface area contributed by atoms with E-state index in [1.54, 1.807) is 63.0 Å². The van der Waals surface area contributed by atoms with Crippen molar-refractivity contribution in [1.29, 1.82) is 0 Å². The van der Waals surface area contributed by atoms with Crippen LogP contribution in [0.2, 0.25) is 0 Å². The number of benzene rings is 3. The van der Waals surface area contributed by atoms with E-state index in [1.807, 2.05) is 39.0 Å². The zero-order valence-corrected chi connectivity index (χ0v) is 41.4. The van der Waals surface area contributed by atoms with E-state index in [9.17, 15) is 24.0 Å². The molecule has 1 radical (unpaired) electrons. The van der Waals surface area contributed by atoms with Gasteiger partial charge in [0, 0.05) is 76.4 Å². The van der Waals surface area contributed by atoms with Gasteiger partial charge in [0.25, 0.3) is 5.91 Å². The number of aromatic nitrogens is 4. The number of carbonyl (C=O) groups is 6. The first-order valence-electron chi connectivity index (χ1n) is 22.2. The largest absolute Gasteiger partial charge is 0.457 e. The number of halogens is 1. The van der Waals surface area contributed by atoms with E-state index in [0.29, 0.717) is 67.0 Å². The van der Waals surface area contributed by atoms with Gasteiger partial charge in [-0.3, -0.25) is 19.2 Å². The first-order chi connectivity index (χ1) is 32.8. The maximum absolute atomic E-state index is 15.6. The van der Waals surface area contributed by atoms with Crippen LogP contribution in [0, 0.1) is 25.4 Å². The van der Waals surface area contributed by atoms with Gasteiger partial charge in [0.15, 0.2) is 17.3 Å². The number of para-hydroxylation sites is 1. The number of fused-ring (bicyclic) bond motifs is 2. The Morgan fingerprint density at radius 3 is 2.55 bits per heavy atom. The summed E-state index contributed by atoms with van der Waals surface area (Å²) in [6.07, 6.45) is 6.95. The van der Waals surface area contributed by atoms with Crippen molar-refractivity contribution < 1.29 is 70.6 Å². The second kappa shape index (κ2) is 25.1. The van der Waals surface area contributed by atoms with Gasteiger partial charge in [-0.05, 0) is 76.9 Å². The van der Waals surface area contributed by atoms with E-state index in [2.05, 4.69) is 38.0 Å². The molecule has 1 aliphatic carbocycles. The minimum atomic E-state index is -0.549. The van der Waals surface area contributed by atoms with E-state index in [4.69, 9.17) is 26.9 Å². The molecule has 2 aliphatic heterocycles. The third-order valence-corrected chi connectivity index (χ3v) is 12.0. The van der Waals surface area contributed by atoms with Gasteiger partial charge in [-0.25, -0.2) is 23.9 Å². The fraction of sp³-hybridized carbons (Fsp3) is 0.340. The number of anilines is 1. The van der Waals surface area contributed by atoms with Crippen LogP contribution in [-0.2, 0) is 69.8 Å². The summed E-state index contributed by atoms with van der Waals surface area (Å²) in [6.45, 7) is 17.5. The van der Waals surface area contributed by atoms with Crippen molar-refractivity contribution in [2.45, 2.75) is 83.1 Å². The SMILES string of the molecule is C=O.O=C1CCC(N2Cc3[c-]cccc3C2=O)C(=O)C1.[C-]#[N+]/C(=C\C(C)N(C)CCCCNC([CH2-])=O)C(=O)N1CCC[C@H]1Cn1nc(-c2ccc(Oc3ccccc3)cc2F)c2c(N)ncnc21.[Y]. The molecule has 5 aromatic rings. The Morgan fingerprint density at radius 1 is 1.09 bits per heavy atom. The van der Waals surface area contributed by atoms with Crippen LogP contribution in [0.5, 0.6) is 11.5 Å². The van der Waals surface area contributed by atoms with Crippen molar-refractivity contribution in [2.75, 3.05) is 32.4 Å². The number of nitrogens with zero attached hydrogens (tertiary/aromatic N) is 8. The molecule has 69 heavy (non-hydrogen) atoms. The summed E-state index contributed by atoms with van der Waals surface area (Å²) in [5.74, 6) is -0.378. The number of hydrogen-bond acceptors (Lipinski definition) is 12. The quantitative estimate of drug-likeness (QED) is 0.0586. The number of nitrogens with two attached hydrogens (primary N) is 1. The molecule has 0 bridgehead atoms. The molecule has 3 amide bonds. The smallest absolute Gasteiger partial charge is 0.252 e. The fourth-order valence-electron chi connectivity index (χ4n) is 8.43. The number of likely N-dealkylation sites (N-methyl/N-ethyl adjacent to an activating group) is 1. The molecule has 0 spiro atoms. The van der Waals surface area contributed by atoms with Gasteiger partial charge in [-0.15, -0.1) is 5.56 Å². The number of amides is 3. The monoisotopic (exact) mass is 1010 g/mol. The molecule has 3 aliphatic rings. The Balaban J connectivity index is 0.000000351. The van der Waals surface area contributed by atoms with Gasteiger partial charge in [-0.2, -0.15) is 29.4 Å². The van der Waals surface area contributed by atoms with Gasteiger partial charge in [0.1, 0.15) is 47.7 Å². The third kappa shape index (κ3) is 13.1. The zero-order valence-electron chi connectivity index (χ0n) is 38.6. The number of carbonyl (C=O) groups excluding carboxylic acids is 6. The normalized spacial score (nSPS) is 16.9. The Hall–Kier alpha value is -6.68. The summed E-state index contributed by atoms with van der Waals surface area (Å²) < 4.78 is 23.0. The number of nitrogen functional groups attached to an aromatic ring is 1. The van der Waals surface area contributed by atoms with Gasteiger partial charge >= 0.3 is 0 Å². The number of unbranched alkanes of at least 4 members (excludes halogenated alkanes) is 1. The molecule has 3 aromatic carbocycles. The molecule has 1 saturated heterocycles. The van der Waals surface area contributed by atoms with Crippen molar-refractivity contribution in [2.24, 2.45) is 0 Å². The molecule has 2 unspecified atom stereocenters. The Morgan fingerprint density at radius 2 is 1.86 bits per heavy atom. The van der Waals surface area contributed by atoms with E-state index < -0.39 is 11.9 Å². The standard InChI is InChI=1S/C35H39FN9O3.C14H12NO3.CH2O.Y/c1-23(43(4)17-9-8-16-39-24(2)46)19-30(38-3)35(47)44-18-10-11-25(44)21-45-34-31(33(37)40-22-41-34)32(42-45)28-15-14-27(20-29(28)36)48-26-12-6-5-7-13-26;16-10-5-6-12(13(17)7-10)15-8-9-3-1-2-4-11(9)14(15)18;1-2;/h5-7,12-15,19-20,22-23,25H,2,8-11,16-18,21H2,1,4H3,(H,39,46)(H2,37,40,41);1-2,4,12H,5-8H2;1H2;/q2*-1;;/b30-19-;;;/t23?,25-;;;/m0.../s1. The van der Waals surface area contributed by atoms with Crippen LogP contribution in [0.1, 0.15) is 67.8 Å². The average Bonchev–Trinajstić information content (AvgIpc) is 4.05.